The van der Waals surface area contributed by atoms with Crippen LogP contribution >= 0.6 is 0 Å². The van der Waals surface area contributed by atoms with Crippen molar-refractivity contribution < 1.29 is 4.84 Å². The summed E-state index contributed by atoms with van der Waals surface area (Å²) >= 11 is 0. The molecule has 7 heavy (non-hydrogen) atoms. The summed E-state index contributed by atoms with van der Waals surface area (Å²) in [5.74, 6) is 0. The molecule has 0 aromatic carbocycles. The van der Waals surface area contributed by atoms with E-state index >= 15 is 0 Å². The first kappa shape index (κ1) is 5.06. The Morgan fingerprint density at radius 1 is 1.71 bits per heavy atom. The van der Waals surface area contributed by atoms with Crippen molar-refractivity contribution in [3.63, 3.8) is 0 Å². The predicted octanol–water partition coefficient (Wildman–Crippen LogP) is 0.690. The highest BCUT2D eigenvalue weighted by Crippen LogP contribution is 2.00. The summed E-state index contributed by atoms with van der Waals surface area (Å²) in [5.41, 5.74) is 2.88. The van der Waals surface area contributed by atoms with Crippen molar-refractivity contribution in [3.8, 4) is 0 Å². The Bertz CT molecular complexity index is 50.0. The lowest BCUT2D eigenvalue weighted by molar-refractivity contribution is -0.0137. The van der Waals surface area contributed by atoms with Gasteiger partial charge in [-0.05, 0) is 19.8 Å². The van der Waals surface area contributed by atoms with E-state index in [0.717, 1.165) is 6.61 Å². The van der Waals surface area contributed by atoms with Crippen LogP contribution in [0, 0.1) is 0 Å². The zero-order valence-corrected chi connectivity index (χ0v) is 4.61. The molecule has 0 aromatic rings. The fourth-order valence-electron chi connectivity index (χ4n) is 0.722. The van der Waals surface area contributed by atoms with Crippen LogP contribution < -0.4 is 5.48 Å². The van der Waals surface area contributed by atoms with Crippen LogP contribution in [0.1, 0.15) is 19.8 Å². The lowest BCUT2D eigenvalue weighted by atomic mass is 10.2. The van der Waals surface area contributed by atoms with E-state index in [2.05, 4.69) is 12.4 Å². The van der Waals surface area contributed by atoms with Crippen molar-refractivity contribution in [2.75, 3.05) is 6.61 Å². The molecule has 2 heteroatoms. The highest BCUT2D eigenvalue weighted by molar-refractivity contribution is 4.57. The summed E-state index contributed by atoms with van der Waals surface area (Å²) in [6, 6.07) is 0.564. The van der Waals surface area contributed by atoms with E-state index in [1.807, 2.05) is 0 Å². The zero-order valence-electron chi connectivity index (χ0n) is 4.61. The second kappa shape index (κ2) is 2.28. The molecule has 0 amide bonds. The Hall–Kier alpha value is -0.0800. The van der Waals surface area contributed by atoms with Crippen molar-refractivity contribution in [1.29, 1.82) is 0 Å². The molecule has 1 unspecified atom stereocenters. The molecule has 42 valence electrons. The largest absolute Gasteiger partial charge is 0.302 e. The van der Waals surface area contributed by atoms with Gasteiger partial charge in [0.15, 0.2) is 0 Å². The van der Waals surface area contributed by atoms with Crippen LogP contribution in [-0.4, -0.2) is 12.6 Å². The van der Waals surface area contributed by atoms with Gasteiger partial charge in [0.1, 0.15) is 0 Å². The van der Waals surface area contributed by atoms with E-state index in [1.165, 1.54) is 12.8 Å². The second-order valence-electron chi connectivity index (χ2n) is 2.01. The number of rotatable bonds is 0. The van der Waals surface area contributed by atoms with Crippen molar-refractivity contribution in [2.24, 2.45) is 0 Å². The topological polar surface area (TPSA) is 21.3 Å². The molecule has 0 saturated carbocycles. The van der Waals surface area contributed by atoms with Gasteiger partial charge in [-0.3, -0.25) is 0 Å². The highest BCUT2D eigenvalue weighted by Gasteiger charge is 2.05. The Labute approximate surface area is 43.8 Å². The van der Waals surface area contributed by atoms with Crippen LogP contribution in [0.2, 0.25) is 0 Å². The predicted molar refractivity (Wildman–Crippen MR) is 27.8 cm³/mol. The standard InChI is InChI=1S/C5H11NO/c1-5-3-2-4-7-6-5/h5-6H,2-4H2,1H3. The quantitative estimate of drug-likeness (QED) is 0.484. The highest BCUT2D eigenvalue weighted by atomic mass is 16.6. The third-order valence-corrected chi connectivity index (χ3v) is 1.17. The van der Waals surface area contributed by atoms with Gasteiger partial charge in [-0.25, -0.2) is 0 Å². The maximum atomic E-state index is 4.93. The number of nitrogens with one attached hydrogen (secondary N) is 1. The lowest BCUT2D eigenvalue weighted by Crippen LogP contribution is -2.31. The van der Waals surface area contributed by atoms with E-state index in [1.54, 1.807) is 0 Å². The smallest absolute Gasteiger partial charge is 0.0682 e. The van der Waals surface area contributed by atoms with E-state index < -0.39 is 0 Å². The average molecular weight is 101 g/mol. The van der Waals surface area contributed by atoms with E-state index in [0.29, 0.717) is 6.04 Å². The van der Waals surface area contributed by atoms with Crippen LogP contribution in [0.3, 0.4) is 0 Å². The summed E-state index contributed by atoms with van der Waals surface area (Å²) < 4.78 is 0. The average Bonchev–Trinajstić information content (AvgIpc) is 1.69. The van der Waals surface area contributed by atoms with Gasteiger partial charge in [-0.15, -0.1) is 0 Å². The molecule has 0 aliphatic carbocycles. The van der Waals surface area contributed by atoms with Crippen molar-refractivity contribution >= 4 is 0 Å². The van der Waals surface area contributed by atoms with Gasteiger partial charge < -0.3 is 4.84 Å². The third-order valence-electron chi connectivity index (χ3n) is 1.17. The molecular formula is C5H11NO. The molecule has 0 bridgehead atoms. The SMILES string of the molecule is CC1CCCON1. The first-order chi connectivity index (χ1) is 3.39. The maximum absolute atomic E-state index is 4.93. The summed E-state index contributed by atoms with van der Waals surface area (Å²) in [5, 5.41) is 0. The maximum Gasteiger partial charge on any atom is 0.0682 e. The molecule has 1 fully saturated rings. The van der Waals surface area contributed by atoms with Crippen LogP contribution in [0.25, 0.3) is 0 Å². The van der Waals surface area contributed by atoms with Gasteiger partial charge in [0, 0.05) is 6.04 Å². The fraction of sp³-hybridized carbons (Fsp3) is 1.00. The monoisotopic (exact) mass is 101 g/mol. The normalized spacial score (nSPS) is 33.0. The Morgan fingerprint density at radius 2 is 2.57 bits per heavy atom. The van der Waals surface area contributed by atoms with Gasteiger partial charge >= 0.3 is 0 Å². The zero-order chi connectivity index (χ0) is 5.11. The van der Waals surface area contributed by atoms with Gasteiger partial charge in [0.2, 0.25) is 0 Å². The molecule has 1 atom stereocenters. The molecular weight excluding hydrogens is 90.1 g/mol. The minimum atomic E-state index is 0.564. The lowest BCUT2D eigenvalue weighted by Gasteiger charge is -2.18. The Balaban J connectivity index is 2.12. The van der Waals surface area contributed by atoms with Crippen molar-refractivity contribution in [1.82, 2.24) is 5.48 Å². The van der Waals surface area contributed by atoms with Crippen LogP contribution in [0.15, 0.2) is 0 Å². The molecule has 0 radical (unpaired) electrons. The Morgan fingerprint density at radius 3 is 2.86 bits per heavy atom. The summed E-state index contributed by atoms with van der Waals surface area (Å²) in [6.07, 6.45) is 2.45. The summed E-state index contributed by atoms with van der Waals surface area (Å²) in [7, 11) is 0. The number of hydroxylamine groups is 1. The van der Waals surface area contributed by atoms with E-state index in [9.17, 15) is 0 Å². The van der Waals surface area contributed by atoms with Crippen LogP contribution in [0.5, 0.6) is 0 Å². The first-order valence-corrected chi connectivity index (χ1v) is 2.77. The molecule has 0 spiro atoms. The van der Waals surface area contributed by atoms with Gasteiger partial charge in [-0.2, -0.15) is 5.48 Å². The summed E-state index contributed by atoms with van der Waals surface area (Å²) in [4.78, 5) is 4.93. The van der Waals surface area contributed by atoms with E-state index in [-0.39, 0.29) is 0 Å². The van der Waals surface area contributed by atoms with Gasteiger partial charge in [-0.1, -0.05) is 0 Å². The van der Waals surface area contributed by atoms with E-state index in [4.69, 9.17) is 4.84 Å². The first-order valence-electron chi connectivity index (χ1n) is 2.77. The molecule has 1 aliphatic rings. The van der Waals surface area contributed by atoms with Crippen LogP contribution in [0.4, 0.5) is 0 Å². The number of hydrogen-bond donors (Lipinski definition) is 1. The van der Waals surface area contributed by atoms with Crippen LogP contribution in [-0.2, 0) is 4.84 Å². The van der Waals surface area contributed by atoms with Crippen molar-refractivity contribution in [2.45, 2.75) is 25.8 Å². The fourth-order valence-corrected chi connectivity index (χ4v) is 0.722. The minimum absolute atomic E-state index is 0.564. The number of hydrogen-bond acceptors (Lipinski definition) is 2. The van der Waals surface area contributed by atoms with Gasteiger partial charge in [0.25, 0.3) is 0 Å². The summed E-state index contributed by atoms with van der Waals surface area (Å²) in [6.45, 7) is 3.00. The molecule has 1 aliphatic heterocycles. The van der Waals surface area contributed by atoms with Gasteiger partial charge in [0.05, 0.1) is 6.61 Å². The Kier molecular flexibility index (Phi) is 1.65. The molecule has 0 aromatic heterocycles. The second-order valence-corrected chi connectivity index (χ2v) is 2.01. The molecule has 1 rings (SSSR count). The third kappa shape index (κ3) is 1.45. The minimum Gasteiger partial charge on any atom is -0.302 e. The molecule has 1 heterocycles. The molecule has 1 N–H and O–H groups in total. The molecule has 1 saturated heterocycles. The van der Waals surface area contributed by atoms with Crippen molar-refractivity contribution in [3.05, 3.63) is 0 Å². The molecule has 2 nitrogen and oxygen atoms in total.